The number of aliphatic hydroxyl groups excluding tert-OH is 2. The number of anilines is 1. The molecule has 0 aromatic heterocycles. The molecular formula is C29H41ClN4O7. The number of fused-ring (bicyclic) bond motifs is 3. The molecule has 1 saturated carbocycles. The van der Waals surface area contributed by atoms with E-state index in [2.05, 4.69) is 26.1 Å². The summed E-state index contributed by atoms with van der Waals surface area (Å²) in [5.41, 5.74) is 3.73. The molecule has 1 fully saturated rings. The predicted octanol–water partition coefficient (Wildman–Crippen LogP) is 1.59. The molecule has 11 nitrogen and oxygen atoms in total. The fourth-order valence-corrected chi connectivity index (χ4v) is 6.45. The molecule has 3 aliphatic rings. The first-order valence-electron chi connectivity index (χ1n) is 13.3. The van der Waals surface area contributed by atoms with E-state index in [1.807, 2.05) is 25.1 Å². The summed E-state index contributed by atoms with van der Waals surface area (Å²) < 4.78 is 0. The van der Waals surface area contributed by atoms with E-state index >= 15 is 0 Å². The monoisotopic (exact) mass is 592 g/mol. The highest BCUT2D eigenvalue weighted by molar-refractivity contribution is 6.24. The number of carbonyl (C=O) groups is 3. The Bertz CT molecular complexity index is 1360. The zero-order valence-corrected chi connectivity index (χ0v) is 25.3. The number of rotatable bonds is 6. The van der Waals surface area contributed by atoms with Gasteiger partial charge in [0.05, 0.1) is 11.6 Å². The van der Waals surface area contributed by atoms with Gasteiger partial charge in [0.2, 0.25) is 5.78 Å². The van der Waals surface area contributed by atoms with Crippen molar-refractivity contribution < 1.29 is 34.8 Å². The number of phenolic OH excluding ortho intramolecular Hbond substituents is 1. The zero-order valence-electron chi connectivity index (χ0n) is 24.5. The van der Waals surface area contributed by atoms with E-state index in [9.17, 15) is 34.8 Å². The maximum atomic E-state index is 14.0. The van der Waals surface area contributed by atoms with Crippen molar-refractivity contribution in [3.05, 3.63) is 39.7 Å². The van der Waals surface area contributed by atoms with Crippen molar-refractivity contribution in [2.75, 3.05) is 39.6 Å². The number of aromatic hydroxyl groups is 1. The molecule has 1 aromatic rings. The van der Waals surface area contributed by atoms with Crippen LogP contribution in [0.1, 0.15) is 43.9 Å². The van der Waals surface area contributed by atoms with Crippen LogP contribution in [-0.4, -0.2) is 89.2 Å². The molecule has 0 bridgehead atoms. The lowest BCUT2D eigenvalue weighted by Gasteiger charge is -2.50. The zero-order chi connectivity index (χ0) is 30.1. The van der Waals surface area contributed by atoms with Crippen LogP contribution in [0, 0.1) is 17.3 Å². The number of halogens is 1. The van der Waals surface area contributed by atoms with Crippen molar-refractivity contribution in [3.8, 4) is 5.75 Å². The number of nitrogens with one attached hydrogen (secondary N) is 1. The maximum absolute atomic E-state index is 14.0. The van der Waals surface area contributed by atoms with Crippen LogP contribution in [0.4, 0.5) is 5.69 Å². The number of hydrogen-bond acceptors (Lipinski definition) is 10. The Labute approximate surface area is 246 Å². The third-order valence-electron chi connectivity index (χ3n) is 8.23. The fraction of sp³-hybridized carbons (Fsp3) is 0.552. The number of phenols is 1. The van der Waals surface area contributed by atoms with Gasteiger partial charge in [0.25, 0.3) is 5.91 Å². The molecule has 7 N–H and O–H groups in total. The first kappa shape index (κ1) is 32.4. The van der Waals surface area contributed by atoms with Gasteiger partial charge in [0.15, 0.2) is 11.4 Å². The molecule has 0 spiro atoms. The first-order chi connectivity index (χ1) is 18.4. The van der Waals surface area contributed by atoms with Gasteiger partial charge in [0, 0.05) is 49.9 Å². The molecule has 0 radical (unpaired) electrons. The number of nitrogens with two attached hydrogens (primary N) is 1. The molecule has 0 saturated heterocycles. The SMILES string of the molecule is CN(C)c1cc(CNCC(C)(C)C)c(O)c2c1C[C@H]1C[C@H]3[C@H](N(C)C)C(=O)C(C(N)=O)=C(O)[C@@]3(O)C(=O)C1=C2O.Cl. The minimum absolute atomic E-state index is 0. The maximum Gasteiger partial charge on any atom is 0.255 e. The second-order valence-electron chi connectivity index (χ2n) is 12.8. The molecule has 0 aliphatic heterocycles. The summed E-state index contributed by atoms with van der Waals surface area (Å²) in [5, 5.41) is 49.0. The Kier molecular flexibility index (Phi) is 8.64. The van der Waals surface area contributed by atoms with Gasteiger partial charge in [-0.3, -0.25) is 19.3 Å². The van der Waals surface area contributed by atoms with E-state index in [0.717, 1.165) is 5.69 Å². The van der Waals surface area contributed by atoms with Crippen molar-refractivity contribution in [2.24, 2.45) is 23.0 Å². The smallest absolute Gasteiger partial charge is 0.255 e. The number of Topliss-reactive ketones (excluding diaryl/α,β-unsaturated/α-hetero) is 2. The molecular weight excluding hydrogens is 552 g/mol. The third kappa shape index (κ3) is 5.09. The van der Waals surface area contributed by atoms with E-state index in [1.54, 1.807) is 14.1 Å². The molecule has 12 heteroatoms. The summed E-state index contributed by atoms with van der Waals surface area (Å²) >= 11 is 0. The molecule has 1 amide bonds. The Morgan fingerprint density at radius 3 is 2.27 bits per heavy atom. The third-order valence-corrected chi connectivity index (χ3v) is 8.23. The highest BCUT2D eigenvalue weighted by Crippen LogP contribution is 2.54. The van der Waals surface area contributed by atoms with Crippen LogP contribution in [-0.2, 0) is 27.3 Å². The van der Waals surface area contributed by atoms with Crippen molar-refractivity contribution in [1.29, 1.82) is 0 Å². The van der Waals surface area contributed by atoms with Gasteiger partial charge < -0.3 is 36.4 Å². The predicted molar refractivity (Wildman–Crippen MR) is 157 cm³/mol. The summed E-state index contributed by atoms with van der Waals surface area (Å²) in [5.74, 6) is -6.55. The van der Waals surface area contributed by atoms with Crippen molar-refractivity contribution in [3.63, 3.8) is 0 Å². The quantitative estimate of drug-likeness (QED) is 0.266. The van der Waals surface area contributed by atoms with Gasteiger partial charge in [-0.05, 0) is 49.9 Å². The minimum Gasteiger partial charge on any atom is -0.508 e. The summed E-state index contributed by atoms with van der Waals surface area (Å²) in [6.45, 7) is 7.21. The molecule has 1 aromatic carbocycles. The molecule has 41 heavy (non-hydrogen) atoms. The highest BCUT2D eigenvalue weighted by atomic mass is 35.5. The van der Waals surface area contributed by atoms with Crippen LogP contribution >= 0.6 is 12.4 Å². The first-order valence-corrected chi connectivity index (χ1v) is 13.3. The van der Waals surface area contributed by atoms with Crippen LogP contribution < -0.4 is 16.0 Å². The number of likely N-dealkylation sites (N-methyl/N-ethyl adjacent to an activating group) is 1. The van der Waals surface area contributed by atoms with E-state index < -0.39 is 58.0 Å². The lowest BCUT2D eigenvalue weighted by atomic mass is 9.57. The standard InChI is InChI=1S/C29H40N4O7.ClH/c1-28(2,3)12-31-11-14-10-17(32(4)5)15-8-13-9-16-21(33(6)7)24(36)20(27(30)39)26(38)29(16,40)25(37)18(13)23(35)19(15)22(14)34;/h10,13,16,21,31,34-35,38,40H,8-9,11-12H2,1-7H3,(H2,30,39);1H/t13-,16-,21-,29-;/m0./s1. The second-order valence-corrected chi connectivity index (χ2v) is 12.8. The number of ketones is 2. The van der Waals surface area contributed by atoms with Crippen LogP contribution in [0.15, 0.2) is 23.0 Å². The van der Waals surface area contributed by atoms with Gasteiger partial charge in [0.1, 0.15) is 22.8 Å². The second kappa shape index (κ2) is 10.9. The number of nitrogens with zero attached hydrogens (tertiary/aromatic N) is 2. The van der Waals surface area contributed by atoms with Crippen molar-refractivity contribution >= 4 is 41.3 Å². The normalized spacial score (nSPS) is 25.9. The Morgan fingerprint density at radius 1 is 1.15 bits per heavy atom. The van der Waals surface area contributed by atoms with Crippen molar-refractivity contribution in [2.45, 2.75) is 51.8 Å². The topological polar surface area (TPSA) is 177 Å². The summed E-state index contributed by atoms with van der Waals surface area (Å²) in [6, 6.07) is 0.735. The Morgan fingerprint density at radius 2 is 1.76 bits per heavy atom. The number of benzene rings is 1. The van der Waals surface area contributed by atoms with Gasteiger partial charge in [-0.15, -0.1) is 12.4 Å². The van der Waals surface area contributed by atoms with Gasteiger partial charge in [-0.1, -0.05) is 20.8 Å². The van der Waals surface area contributed by atoms with E-state index in [-0.39, 0.29) is 47.5 Å². The molecule has 226 valence electrons. The Hall–Kier alpha value is -3.12. The van der Waals surface area contributed by atoms with Gasteiger partial charge >= 0.3 is 0 Å². The minimum atomic E-state index is -2.66. The van der Waals surface area contributed by atoms with Crippen molar-refractivity contribution in [1.82, 2.24) is 10.2 Å². The molecule has 0 heterocycles. The van der Waals surface area contributed by atoms with E-state index in [4.69, 9.17) is 5.73 Å². The molecule has 4 rings (SSSR count). The number of primary amides is 1. The Balaban J connectivity index is 0.00000462. The van der Waals surface area contributed by atoms with Crippen LogP contribution in [0.25, 0.3) is 5.76 Å². The number of amides is 1. The molecule has 0 unspecified atom stereocenters. The largest absolute Gasteiger partial charge is 0.508 e. The summed E-state index contributed by atoms with van der Waals surface area (Å²) in [7, 11) is 6.84. The van der Waals surface area contributed by atoms with E-state index in [0.29, 0.717) is 24.2 Å². The van der Waals surface area contributed by atoms with Gasteiger partial charge in [-0.25, -0.2) is 0 Å². The summed E-state index contributed by atoms with van der Waals surface area (Å²) in [4.78, 5) is 42.8. The lowest BCUT2D eigenvalue weighted by molar-refractivity contribution is -0.153. The van der Waals surface area contributed by atoms with E-state index in [1.165, 1.54) is 4.90 Å². The van der Waals surface area contributed by atoms with Crippen LogP contribution in [0.5, 0.6) is 5.75 Å². The number of hydrogen-bond donors (Lipinski definition) is 6. The summed E-state index contributed by atoms with van der Waals surface area (Å²) in [6.07, 6.45) is 0.291. The number of aliphatic hydroxyl groups is 3. The average Bonchev–Trinajstić information content (AvgIpc) is 2.81. The molecule has 3 aliphatic carbocycles. The number of carbonyl (C=O) groups excluding carboxylic acids is 3. The van der Waals surface area contributed by atoms with Gasteiger partial charge in [-0.2, -0.15) is 0 Å². The lowest BCUT2D eigenvalue weighted by Crippen LogP contribution is -2.65. The van der Waals surface area contributed by atoms with Crippen LogP contribution in [0.3, 0.4) is 0 Å². The highest BCUT2D eigenvalue weighted by Gasteiger charge is 2.64. The average molecular weight is 593 g/mol. The van der Waals surface area contributed by atoms with Crippen LogP contribution in [0.2, 0.25) is 0 Å². The molecule has 4 atom stereocenters. The fourth-order valence-electron chi connectivity index (χ4n) is 6.45.